The minimum Gasteiger partial charge on any atom is -0.459 e. The lowest BCUT2D eigenvalue weighted by Gasteiger charge is -2.13. The highest BCUT2D eigenvalue weighted by atomic mass is 32.2. The number of nitrogens with one attached hydrogen (secondary N) is 2. The van der Waals surface area contributed by atoms with Crippen LogP contribution in [0.3, 0.4) is 0 Å². The molecule has 2 amide bonds. The van der Waals surface area contributed by atoms with E-state index in [1.54, 1.807) is 24.3 Å². The van der Waals surface area contributed by atoms with Crippen molar-refractivity contribution in [2.75, 3.05) is 10.6 Å². The van der Waals surface area contributed by atoms with Gasteiger partial charge in [-0.1, -0.05) is 18.2 Å². The first-order valence-electron chi connectivity index (χ1n) is 8.51. The van der Waals surface area contributed by atoms with Crippen LogP contribution in [0.15, 0.2) is 76.2 Å². The predicted octanol–water partition coefficient (Wildman–Crippen LogP) is 4.96. The Hall–Kier alpha value is -2.99. The zero-order valence-electron chi connectivity index (χ0n) is 15.1. The topological polar surface area (TPSA) is 71.3 Å². The van der Waals surface area contributed by atoms with E-state index in [1.807, 2.05) is 50.2 Å². The number of thioether (sulfide) groups is 1. The summed E-state index contributed by atoms with van der Waals surface area (Å²) in [7, 11) is 0. The van der Waals surface area contributed by atoms with Crippen LogP contribution in [0.1, 0.15) is 23.0 Å². The van der Waals surface area contributed by atoms with Crippen molar-refractivity contribution in [3.05, 3.63) is 78.3 Å². The van der Waals surface area contributed by atoms with Crippen LogP contribution in [0.25, 0.3) is 0 Å². The average molecular weight is 380 g/mol. The van der Waals surface area contributed by atoms with Crippen LogP contribution in [-0.2, 0) is 4.79 Å². The number of hydrogen-bond donors (Lipinski definition) is 2. The molecule has 27 heavy (non-hydrogen) atoms. The standard InChI is InChI=1S/C21H20N2O3S/c1-14-6-3-4-7-18(14)23-20(24)15(2)27-17-11-9-16(10-12-17)22-21(25)19-8-5-13-26-19/h3-13,15H,1-2H3,(H,22,25)(H,23,24). The second-order valence-electron chi connectivity index (χ2n) is 6.02. The van der Waals surface area contributed by atoms with E-state index in [9.17, 15) is 9.59 Å². The van der Waals surface area contributed by atoms with Gasteiger partial charge in [0.2, 0.25) is 5.91 Å². The van der Waals surface area contributed by atoms with Crippen molar-refractivity contribution < 1.29 is 14.0 Å². The Morgan fingerprint density at radius 3 is 2.37 bits per heavy atom. The van der Waals surface area contributed by atoms with Crippen LogP contribution < -0.4 is 10.6 Å². The smallest absolute Gasteiger partial charge is 0.291 e. The Balaban J connectivity index is 1.56. The molecule has 2 N–H and O–H groups in total. The van der Waals surface area contributed by atoms with Crippen LogP contribution in [0.5, 0.6) is 0 Å². The molecule has 0 spiro atoms. The molecule has 3 rings (SSSR count). The van der Waals surface area contributed by atoms with E-state index in [0.717, 1.165) is 16.1 Å². The molecule has 0 radical (unpaired) electrons. The third-order valence-electron chi connectivity index (χ3n) is 3.94. The summed E-state index contributed by atoms with van der Waals surface area (Å²) in [6.45, 7) is 3.83. The van der Waals surface area contributed by atoms with Gasteiger partial charge in [0.1, 0.15) is 0 Å². The van der Waals surface area contributed by atoms with Gasteiger partial charge in [-0.3, -0.25) is 9.59 Å². The molecule has 0 saturated carbocycles. The summed E-state index contributed by atoms with van der Waals surface area (Å²) in [5, 5.41) is 5.47. The number of aryl methyl sites for hydroxylation is 1. The number of anilines is 2. The summed E-state index contributed by atoms with van der Waals surface area (Å²) < 4.78 is 5.07. The molecule has 1 unspecified atom stereocenters. The van der Waals surface area contributed by atoms with Crippen LogP contribution in [0.2, 0.25) is 0 Å². The Bertz CT molecular complexity index is 921. The fraction of sp³-hybridized carbons (Fsp3) is 0.143. The molecule has 1 heterocycles. The highest BCUT2D eigenvalue weighted by Gasteiger charge is 2.15. The van der Waals surface area contributed by atoms with Crippen molar-refractivity contribution in [3.63, 3.8) is 0 Å². The van der Waals surface area contributed by atoms with E-state index >= 15 is 0 Å². The van der Waals surface area contributed by atoms with Gasteiger partial charge in [-0.15, -0.1) is 11.8 Å². The first-order chi connectivity index (χ1) is 13.0. The van der Waals surface area contributed by atoms with Crippen LogP contribution in [0.4, 0.5) is 11.4 Å². The van der Waals surface area contributed by atoms with Gasteiger partial charge in [-0.05, 0) is 61.9 Å². The minimum absolute atomic E-state index is 0.0514. The summed E-state index contributed by atoms with van der Waals surface area (Å²) in [4.78, 5) is 25.3. The molecule has 0 aliphatic rings. The van der Waals surface area contributed by atoms with Gasteiger partial charge in [0.15, 0.2) is 5.76 Å². The van der Waals surface area contributed by atoms with E-state index in [4.69, 9.17) is 4.42 Å². The first-order valence-corrected chi connectivity index (χ1v) is 9.39. The second-order valence-corrected chi connectivity index (χ2v) is 7.43. The van der Waals surface area contributed by atoms with Gasteiger partial charge >= 0.3 is 0 Å². The first kappa shape index (κ1) is 18.8. The lowest BCUT2D eigenvalue weighted by Crippen LogP contribution is -2.22. The molecule has 0 saturated heterocycles. The van der Waals surface area contributed by atoms with Gasteiger partial charge in [-0.2, -0.15) is 0 Å². The quantitative estimate of drug-likeness (QED) is 0.593. The molecule has 3 aromatic rings. The molecule has 1 aromatic heterocycles. The molecule has 0 fully saturated rings. The van der Waals surface area contributed by atoms with Crippen LogP contribution in [-0.4, -0.2) is 17.1 Å². The molecule has 0 aliphatic carbocycles. The minimum atomic E-state index is -0.300. The number of carbonyl (C=O) groups excluding carboxylic acids is 2. The predicted molar refractivity (Wildman–Crippen MR) is 108 cm³/mol. The normalized spacial score (nSPS) is 11.6. The fourth-order valence-corrected chi connectivity index (χ4v) is 3.29. The summed E-state index contributed by atoms with van der Waals surface area (Å²) in [5.41, 5.74) is 2.52. The zero-order valence-corrected chi connectivity index (χ0v) is 15.9. The number of carbonyl (C=O) groups is 2. The van der Waals surface area contributed by atoms with Crippen molar-refractivity contribution in [2.24, 2.45) is 0 Å². The number of furan rings is 1. The van der Waals surface area contributed by atoms with Crippen molar-refractivity contribution in [1.29, 1.82) is 0 Å². The Morgan fingerprint density at radius 1 is 0.963 bits per heavy atom. The Morgan fingerprint density at radius 2 is 1.70 bits per heavy atom. The van der Waals surface area contributed by atoms with Crippen LogP contribution in [0, 0.1) is 6.92 Å². The molecule has 2 aromatic carbocycles. The highest BCUT2D eigenvalue weighted by molar-refractivity contribution is 8.00. The number of rotatable bonds is 6. The molecule has 0 aliphatic heterocycles. The maximum atomic E-state index is 12.4. The van der Waals surface area contributed by atoms with E-state index in [1.165, 1.54) is 18.0 Å². The van der Waals surface area contributed by atoms with Crippen molar-refractivity contribution >= 4 is 35.0 Å². The van der Waals surface area contributed by atoms with Gasteiger partial charge in [0.05, 0.1) is 11.5 Å². The SMILES string of the molecule is Cc1ccccc1NC(=O)C(C)Sc1ccc(NC(=O)c2ccco2)cc1. The number of hydrogen-bond acceptors (Lipinski definition) is 4. The third-order valence-corrected chi connectivity index (χ3v) is 5.05. The monoisotopic (exact) mass is 380 g/mol. The average Bonchev–Trinajstić information content (AvgIpc) is 3.20. The number of para-hydroxylation sites is 1. The molecule has 6 heteroatoms. The fourth-order valence-electron chi connectivity index (χ4n) is 2.42. The van der Waals surface area contributed by atoms with Gasteiger partial charge < -0.3 is 15.1 Å². The van der Waals surface area contributed by atoms with Gasteiger partial charge in [0.25, 0.3) is 5.91 Å². The van der Waals surface area contributed by atoms with E-state index in [0.29, 0.717) is 5.69 Å². The zero-order chi connectivity index (χ0) is 19.2. The van der Waals surface area contributed by atoms with Crippen molar-refractivity contribution in [1.82, 2.24) is 0 Å². The summed E-state index contributed by atoms with van der Waals surface area (Å²) >= 11 is 1.46. The summed E-state index contributed by atoms with van der Waals surface area (Å²) in [6, 6.07) is 18.3. The number of benzene rings is 2. The maximum Gasteiger partial charge on any atom is 0.291 e. The molecule has 138 valence electrons. The molecular formula is C21H20N2O3S. The van der Waals surface area contributed by atoms with E-state index in [-0.39, 0.29) is 22.8 Å². The molecular weight excluding hydrogens is 360 g/mol. The molecule has 5 nitrogen and oxygen atoms in total. The largest absolute Gasteiger partial charge is 0.459 e. The summed E-state index contributed by atoms with van der Waals surface area (Å²) in [6.07, 6.45) is 1.46. The maximum absolute atomic E-state index is 12.4. The Labute approximate surface area is 162 Å². The van der Waals surface area contributed by atoms with Gasteiger partial charge in [0, 0.05) is 16.3 Å². The number of amides is 2. The van der Waals surface area contributed by atoms with Crippen LogP contribution >= 0.6 is 11.8 Å². The van der Waals surface area contributed by atoms with Gasteiger partial charge in [-0.25, -0.2) is 0 Å². The lowest BCUT2D eigenvalue weighted by molar-refractivity contribution is -0.115. The lowest BCUT2D eigenvalue weighted by atomic mass is 10.2. The molecule has 0 bridgehead atoms. The van der Waals surface area contributed by atoms with Crippen molar-refractivity contribution in [2.45, 2.75) is 24.0 Å². The Kier molecular flexibility index (Phi) is 5.98. The van der Waals surface area contributed by atoms with Crippen molar-refractivity contribution in [3.8, 4) is 0 Å². The van der Waals surface area contributed by atoms with E-state index in [2.05, 4.69) is 10.6 Å². The third kappa shape index (κ3) is 5.01. The second kappa shape index (κ2) is 8.60. The van der Waals surface area contributed by atoms with E-state index < -0.39 is 0 Å². The highest BCUT2D eigenvalue weighted by Crippen LogP contribution is 2.26. The molecule has 1 atom stereocenters. The summed E-state index contributed by atoms with van der Waals surface area (Å²) in [5.74, 6) is -0.0918.